The van der Waals surface area contributed by atoms with Gasteiger partial charge in [-0.3, -0.25) is 4.79 Å². The summed E-state index contributed by atoms with van der Waals surface area (Å²) < 4.78 is 15.5. The van der Waals surface area contributed by atoms with Gasteiger partial charge in [-0.2, -0.15) is 0 Å². The molecule has 1 aromatic rings. The molecule has 0 amide bonds. The number of hydrogen-bond donors (Lipinski definition) is 2. The number of ketones is 1. The van der Waals surface area contributed by atoms with Crippen molar-refractivity contribution in [3.63, 3.8) is 0 Å². The number of carbonyl (C=O) groups excluding carboxylic acids is 1. The van der Waals surface area contributed by atoms with Gasteiger partial charge in [0.25, 0.3) is 0 Å². The molecule has 1 atom stereocenters. The largest absolute Gasteiger partial charge is 0.512 e. The third-order valence-electron chi connectivity index (χ3n) is 3.59. The minimum atomic E-state index is -0.318. The van der Waals surface area contributed by atoms with Crippen LogP contribution in [0.3, 0.4) is 0 Å². The molecule has 0 bridgehead atoms. The molecule has 6 nitrogen and oxygen atoms in total. The molecule has 134 valence electrons. The highest BCUT2D eigenvalue weighted by atomic mass is 16.7. The number of ether oxygens (including phenoxy) is 3. The molecular formula is C19H22O6. The quantitative estimate of drug-likeness (QED) is 0.812. The fourth-order valence-electron chi connectivity index (χ4n) is 2.43. The number of aromatic hydroxyl groups is 1. The second kappa shape index (κ2) is 8.39. The molecule has 0 saturated carbocycles. The molecule has 1 aliphatic carbocycles. The highest BCUT2D eigenvalue weighted by Gasteiger charge is 2.19. The Balaban J connectivity index is 0.00000109. The van der Waals surface area contributed by atoms with Gasteiger partial charge in [0, 0.05) is 19.1 Å². The highest BCUT2D eigenvalue weighted by molar-refractivity contribution is 6.08. The Hall–Kier alpha value is -2.73. The standard InChI is InChI=1S/C17H16O6.C2H6/c1-21-13-7-11(6-12(18)8-13)14(19)3-2-10-4-15(20)17-16(5-10)22-9-23-17;1-2/h2-7,13,18,20H,8-9H2,1H3;1-2H3/b3-2+;. The maximum atomic E-state index is 12.2. The number of fused-ring (bicyclic) bond motifs is 1. The monoisotopic (exact) mass is 346 g/mol. The van der Waals surface area contributed by atoms with Crippen molar-refractivity contribution in [3.05, 3.63) is 47.3 Å². The summed E-state index contributed by atoms with van der Waals surface area (Å²) in [6, 6.07) is 3.16. The third kappa shape index (κ3) is 4.42. The van der Waals surface area contributed by atoms with Gasteiger partial charge in [-0.1, -0.05) is 19.9 Å². The van der Waals surface area contributed by atoms with E-state index in [1.54, 1.807) is 18.2 Å². The van der Waals surface area contributed by atoms with Crippen LogP contribution in [0.5, 0.6) is 17.2 Å². The number of allylic oxidation sites excluding steroid dienone is 3. The van der Waals surface area contributed by atoms with Crippen LogP contribution in [0.2, 0.25) is 0 Å². The molecule has 0 fully saturated rings. The van der Waals surface area contributed by atoms with Gasteiger partial charge in [-0.05, 0) is 35.9 Å². The number of hydrogen-bond acceptors (Lipinski definition) is 6. The van der Waals surface area contributed by atoms with Crippen LogP contribution in [-0.4, -0.2) is 36.0 Å². The molecule has 0 saturated heterocycles. The first-order chi connectivity index (χ1) is 12.1. The van der Waals surface area contributed by atoms with Crippen molar-refractivity contribution >= 4 is 11.9 Å². The van der Waals surface area contributed by atoms with Gasteiger partial charge in [0.15, 0.2) is 17.3 Å². The van der Waals surface area contributed by atoms with E-state index in [9.17, 15) is 15.0 Å². The average molecular weight is 346 g/mol. The first kappa shape index (κ1) is 18.6. The van der Waals surface area contributed by atoms with E-state index in [1.165, 1.54) is 25.3 Å². The van der Waals surface area contributed by atoms with Crippen LogP contribution in [-0.2, 0) is 9.53 Å². The minimum Gasteiger partial charge on any atom is -0.512 e. The number of aliphatic hydroxyl groups excluding tert-OH is 1. The lowest BCUT2D eigenvalue weighted by molar-refractivity contribution is -0.111. The summed E-state index contributed by atoms with van der Waals surface area (Å²) in [6.07, 6.45) is 6.06. The number of phenolic OH excluding ortho intramolecular Hbond substituents is 1. The van der Waals surface area contributed by atoms with Gasteiger partial charge in [0.1, 0.15) is 0 Å². The lowest BCUT2D eigenvalue weighted by atomic mass is 9.99. The predicted octanol–water partition coefficient (Wildman–Crippen LogP) is 3.52. The van der Waals surface area contributed by atoms with Gasteiger partial charge >= 0.3 is 0 Å². The lowest BCUT2D eigenvalue weighted by Gasteiger charge is -2.16. The molecular weight excluding hydrogens is 324 g/mol. The van der Waals surface area contributed by atoms with Crippen LogP contribution in [0.4, 0.5) is 0 Å². The smallest absolute Gasteiger partial charge is 0.231 e. The molecule has 1 heterocycles. The fraction of sp³-hybridized carbons (Fsp3) is 0.316. The van der Waals surface area contributed by atoms with Crippen molar-refractivity contribution < 1.29 is 29.2 Å². The molecule has 1 aromatic carbocycles. The van der Waals surface area contributed by atoms with E-state index in [0.717, 1.165) is 0 Å². The second-order valence-corrected chi connectivity index (χ2v) is 5.21. The van der Waals surface area contributed by atoms with Crippen molar-refractivity contribution in [2.24, 2.45) is 0 Å². The molecule has 1 unspecified atom stereocenters. The molecule has 0 spiro atoms. The van der Waals surface area contributed by atoms with Crippen LogP contribution in [0.15, 0.2) is 41.7 Å². The summed E-state index contributed by atoms with van der Waals surface area (Å²) in [5.41, 5.74) is 0.967. The molecule has 6 heteroatoms. The molecule has 25 heavy (non-hydrogen) atoms. The Morgan fingerprint density at radius 1 is 1.28 bits per heavy atom. The molecule has 3 rings (SSSR count). The van der Waals surface area contributed by atoms with Gasteiger partial charge in [0.2, 0.25) is 12.5 Å². The lowest BCUT2D eigenvalue weighted by Crippen LogP contribution is -2.15. The van der Waals surface area contributed by atoms with E-state index >= 15 is 0 Å². The molecule has 0 radical (unpaired) electrons. The summed E-state index contributed by atoms with van der Waals surface area (Å²) in [7, 11) is 1.52. The topological polar surface area (TPSA) is 85.2 Å². The van der Waals surface area contributed by atoms with Crippen molar-refractivity contribution in [1.82, 2.24) is 0 Å². The van der Waals surface area contributed by atoms with E-state index < -0.39 is 0 Å². The Bertz CT molecular complexity index is 730. The van der Waals surface area contributed by atoms with E-state index in [2.05, 4.69) is 0 Å². The minimum absolute atomic E-state index is 0.0408. The van der Waals surface area contributed by atoms with E-state index in [1.807, 2.05) is 13.8 Å². The highest BCUT2D eigenvalue weighted by Crippen LogP contribution is 2.41. The maximum absolute atomic E-state index is 12.2. The van der Waals surface area contributed by atoms with Gasteiger partial charge in [0.05, 0.1) is 11.9 Å². The molecule has 0 aromatic heterocycles. The van der Waals surface area contributed by atoms with Crippen LogP contribution < -0.4 is 9.47 Å². The summed E-state index contributed by atoms with van der Waals surface area (Å²) in [4.78, 5) is 12.2. The number of carbonyl (C=O) groups is 1. The summed E-state index contributed by atoms with van der Waals surface area (Å²) in [5, 5.41) is 19.5. The Kier molecular flexibility index (Phi) is 6.25. The summed E-state index contributed by atoms with van der Waals surface area (Å²) in [6.45, 7) is 4.06. The van der Waals surface area contributed by atoms with Crippen molar-refractivity contribution in [2.45, 2.75) is 26.4 Å². The fourth-order valence-corrected chi connectivity index (χ4v) is 2.43. The van der Waals surface area contributed by atoms with Gasteiger partial charge in [-0.25, -0.2) is 0 Å². The van der Waals surface area contributed by atoms with Crippen molar-refractivity contribution in [1.29, 1.82) is 0 Å². The number of methoxy groups -OCH3 is 1. The summed E-state index contributed by atoms with van der Waals surface area (Å²) in [5.74, 6) is 0.540. The Labute approximate surface area is 146 Å². The average Bonchev–Trinajstić information content (AvgIpc) is 3.10. The van der Waals surface area contributed by atoms with Crippen LogP contribution in [0.1, 0.15) is 25.8 Å². The number of aliphatic hydroxyl groups is 1. The zero-order valence-electron chi connectivity index (χ0n) is 14.5. The Morgan fingerprint density at radius 3 is 2.76 bits per heavy atom. The Morgan fingerprint density at radius 2 is 2.04 bits per heavy atom. The molecule has 2 N–H and O–H groups in total. The van der Waals surface area contributed by atoms with Crippen LogP contribution in [0.25, 0.3) is 6.08 Å². The predicted molar refractivity (Wildman–Crippen MR) is 93.8 cm³/mol. The third-order valence-corrected chi connectivity index (χ3v) is 3.59. The first-order valence-corrected chi connectivity index (χ1v) is 8.06. The zero-order chi connectivity index (χ0) is 18.4. The SMILES string of the molecule is CC.COC1C=C(C(=O)/C=C/c2cc(O)c3c(c2)OCO3)C=C(O)C1. The van der Waals surface area contributed by atoms with E-state index in [0.29, 0.717) is 29.1 Å². The van der Waals surface area contributed by atoms with E-state index in [-0.39, 0.29) is 30.2 Å². The number of benzene rings is 1. The maximum Gasteiger partial charge on any atom is 0.231 e. The zero-order valence-corrected chi connectivity index (χ0v) is 14.5. The van der Waals surface area contributed by atoms with E-state index in [4.69, 9.17) is 14.2 Å². The second-order valence-electron chi connectivity index (χ2n) is 5.21. The van der Waals surface area contributed by atoms with Gasteiger partial charge < -0.3 is 24.4 Å². The summed E-state index contributed by atoms with van der Waals surface area (Å²) >= 11 is 0. The van der Waals surface area contributed by atoms with Crippen molar-refractivity contribution in [3.8, 4) is 17.2 Å². The molecule has 2 aliphatic rings. The number of phenols is 1. The molecule has 1 aliphatic heterocycles. The normalized spacial score (nSPS) is 18.3. The first-order valence-electron chi connectivity index (χ1n) is 8.06. The van der Waals surface area contributed by atoms with Crippen LogP contribution in [0, 0.1) is 0 Å². The van der Waals surface area contributed by atoms with Crippen LogP contribution >= 0.6 is 0 Å². The number of rotatable bonds is 4. The van der Waals surface area contributed by atoms with Gasteiger partial charge in [-0.15, -0.1) is 0 Å². The van der Waals surface area contributed by atoms with Crippen molar-refractivity contribution in [2.75, 3.05) is 13.9 Å².